The van der Waals surface area contributed by atoms with Crippen LogP contribution in [0.4, 0.5) is 0 Å². The molecular weight excluding hydrogens is 1210 g/mol. The minimum absolute atomic E-state index is 0. The van der Waals surface area contributed by atoms with Crippen molar-refractivity contribution in [3.63, 3.8) is 0 Å². The largest absolute Gasteiger partial charge is 2.00 e. The molecule has 89 heavy (non-hydrogen) atoms. The number of aromatic nitrogens is 6. The topological polar surface area (TPSA) is 334 Å². The van der Waals surface area contributed by atoms with E-state index in [1.165, 1.54) is 175 Å². The minimum Gasteiger partial charge on any atom is -0.546 e. The summed E-state index contributed by atoms with van der Waals surface area (Å²) in [5.41, 5.74) is -3.32. The molecule has 2 aromatic carbocycles. The average molecular weight is 1260 g/mol. The Balaban J connectivity index is 0.000000356. The molecule has 1 aliphatic carbocycles. The number of carbonyl (C=O) groups excluding carboxylic acids is 8. The first-order valence-electron chi connectivity index (χ1n) is 26.1. The van der Waals surface area contributed by atoms with Crippen LogP contribution in [0.5, 0.6) is 11.5 Å². The summed E-state index contributed by atoms with van der Waals surface area (Å²) >= 11 is 11.3. The molecule has 0 radical (unpaired) electrons. The number of hydrogen-bond acceptors (Lipinski definition) is 24. The van der Waals surface area contributed by atoms with Crippen LogP contribution in [0.3, 0.4) is 0 Å². The van der Waals surface area contributed by atoms with Gasteiger partial charge in [0, 0.05) is 84.4 Å². The standard InChI is InChI=1S/C42H30N6O12.2C10H11ClO3.Mg/c49-37(25-7-1-13-43-19-25)55-31-32(56-38(50)26-8-2-14-44-20-26)34(58-40(52)28-10-4-16-46-22-28)36(60-42(54)30-12-6-18-48-24-30)35(59-41(53)29-11-5-17-47-23-29)33(31)57-39(51)27-9-3-15-45-21-27;2*1-10(2,9(12)13)14-8-5-3-7(11)4-6-8;/h1-24,31-36H;2*3-6H,1-2H3,(H,12,13);/q;;;+2/p-2. The van der Waals surface area contributed by atoms with Crippen LogP contribution in [0.15, 0.2) is 196 Å². The number of ether oxygens (including phenoxy) is 8. The normalized spacial score (nSPS) is 16.6. The number of esters is 6. The summed E-state index contributed by atoms with van der Waals surface area (Å²) in [7, 11) is 0. The molecule has 1 saturated carbocycles. The van der Waals surface area contributed by atoms with Gasteiger partial charge in [0.1, 0.15) is 22.7 Å². The van der Waals surface area contributed by atoms with Gasteiger partial charge in [-0.05, 0) is 149 Å². The maximum absolute atomic E-state index is 14.0. The van der Waals surface area contributed by atoms with Gasteiger partial charge in [-0.25, -0.2) is 28.8 Å². The average Bonchev–Trinajstić information content (AvgIpc) is 1.51. The Kier molecular flexibility index (Phi) is 24.6. The number of carbonyl (C=O) groups is 8. The quantitative estimate of drug-likeness (QED) is 0.0553. The van der Waals surface area contributed by atoms with Gasteiger partial charge in [0.25, 0.3) is 0 Å². The van der Waals surface area contributed by atoms with Crippen molar-refractivity contribution in [2.75, 3.05) is 0 Å². The molecule has 9 rings (SSSR count). The molecule has 6 aromatic heterocycles. The molecule has 24 nitrogen and oxygen atoms in total. The van der Waals surface area contributed by atoms with Gasteiger partial charge in [-0.3, -0.25) is 29.9 Å². The fourth-order valence-electron chi connectivity index (χ4n) is 7.66. The Morgan fingerprint density at radius 1 is 0.337 bits per heavy atom. The predicted molar refractivity (Wildman–Crippen MR) is 309 cm³/mol. The number of pyridine rings is 6. The molecule has 0 amide bonds. The summed E-state index contributed by atoms with van der Waals surface area (Å²) in [6.45, 7) is 5.71. The molecule has 0 atom stereocenters. The van der Waals surface area contributed by atoms with Crippen LogP contribution in [-0.2, 0) is 38.0 Å². The predicted octanol–water partition coefficient (Wildman–Crippen LogP) is 5.84. The van der Waals surface area contributed by atoms with Crippen molar-refractivity contribution in [3.8, 4) is 11.5 Å². The van der Waals surface area contributed by atoms with Crippen LogP contribution in [0.25, 0.3) is 0 Å². The van der Waals surface area contributed by atoms with Gasteiger partial charge in [-0.2, -0.15) is 0 Å². The zero-order valence-electron chi connectivity index (χ0n) is 47.4. The molecule has 0 spiro atoms. The van der Waals surface area contributed by atoms with Crippen molar-refractivity contribution in [2.24, 2.45) is 0 Å². The second kappa shape index (κ2) is 32.1. The Bertz CT molecular complexity index is 3140. The summed E-state index contributed by atoms with van der Waals surface area (Å²) in [5.74, 6) is -8.13. The zero-order chi connectivity index (χ0) is 63.4. The second-order valence-electron chi connectivity index (χ2n) is 19.4. The van der Waals surface area contributed by atoms with E-state index in [0.29, 0.717) is 21.5 Å². The number of benzene rings is 2. The van der Waals surface area contributed by atoms with E-state index in [0.717, 1.165) is 0 Å². The Morgan fingerprint density at radius 3 is 0.663 bits per heavy atom. The van der Waals surface area contributed by atoms with Gasteiger partial charge in [-0.1, -0.05) is 23.2 Å². The number of aliphatic carboxylic acids is 2. The third kappa shape index (κ3) is 19.5. The minimum atomic E-state index is -1.99. The molecule has 1 aliphatic rings. The SMILES string of the molecule is CC(C)(Oc1ccc(Cl)cc1)C(=O)[O-].CC(C)(Oc1ccc(Cl)cc1)C(=O)[O-].O=C(OC1C(OC(=O)c2cccnc2)C(OC(=O)c2cccnc2)C(OC(=O)c2cccnc2)C(OC(=O)c2cccnc2)C1OC(=O)c1cccnc1)c1cccnc1.[Mg+2]. The van der Waals surface area contributed by atoms with E-state index in [9.17, 15) is 48.6 Å². The molecular formula is C62H50Cl2MgN6O18. The first-order chi connectivity index (χ1) is 42.1. The van der Waals surface area contributed by atoms with Gasteiger partial charge in [-0.15, -0.1) is 0 Å². The summed E-state index contributed by atoms with van der Waals surface area (Å²) in [6.07, 6.45) is 3.50. The number of halogens is 2. The molecule has 0 saturated heterocycles. The van der Waals surface area contributed by atoms with Crippen molar-refractivity contribution in [2.45, 2.75) is 75.5 Å². The number of carboxylic acids is 2. The van der Waals surface area contributed by atoms with E-state index < -0.39 is 95.6 Å². The van der Waals surface area contributed by atoms with Crippen LogP contribution in [-0.4, -0.2) is 149 Å². The fourth-order valence-corrected chi connectivity index (χ4v) is 7.91. The molecule has 0 N–H and O–H groups in total. The summed E-state index contributed by atoms with van der Waals surface area (Å²) in [6, 6.07) is 29.8. The van der Waals surface area contributed by atoms with Gasteiger partial charge in [0.05, 0.1) is 45.3 Å². The van der Waals surface area contributed by atoms with Crippen LogP contribution in [0.2, 0.25) is 10.0 Å². The van der Waals surface area contributed by atoms with E-state index in [-0.39, 0.29) is 56.4 Å². The van der Waals surface area contributed by atoms with Crippen LogP contribution in [0, 0.1) is 0 Å². The molecule has 1 fully saturated rings. The first kappa shape index (κ1) is 68.2. The van der Waals surface area contributed by atoms with Gasteiger partial charge >= 0.3 is 58.9 Å². The van der Waals surface area contributed by atoms with E-state index in [1.807, 2.05) is 0 Å². The Hall–Kier alpha value is -9.95. The number of hydrogen-bond donors (Lipinski definition) is 0. The van der Waals surface area contributed by atoms with Gasteiger partial charge in [0.2, 0.25) is 0 Å². The maximum atomic E-state index is 14.0. The summed E-state index contributed by atoms with van der Waals surface area (Å²) in [5, 5.41) is 22.4. The number of nitrogens with zero attached hydrogens (tertiary/aromatic N) is 6. The molecule has 0 aliphatic heterocycles. The van der Waals surface area contributed by atoms with Crippen LogP contribution in [0.1, 0.15) is 89.8 Å². The van der Waals surface area contributed by atoms with E-state index in [1.54, 1.807) is 48.5 Å². The second-order valence-corrected chi connectivity index (χ2v) is 20.3. The molecule has 6 heterocycles. The van der Waals surface area contributed by atoms with Crippen molar-refractivity contribution in [1.82, 2.24) is 29.9 Å². The molecule has 27 heteroatoms. The van der Waals surface area contributed by atoms with Gasteiger partial charge < -0.3 is 57.7 Å². The molecule has 452 valence electrons. The third-order valence-electron chi connectivity index (χ3n) is 12.1. The van der Waals surface area contributed by atoms with E-state index in [2.05, 4.69) is 29.9 Å². The first-order valence-corrected chi connectivity index (χ1v) is 26.8. The van der Waals surface area contributed by atoms with Crippen molar-refractivity contribution in [3.05, 3.63) is 239 Å². The number of carboxylic acid groups (broad SMARTS) is 2. The van der Waals surface area contributed by atoms with Crippen LogP contribution >= 0.6 is 23.2 Å². The van der Waals surface area contributed by atoms with Crippen molar-refractivity contribution < 1.29 is 86.5 Å². The maximum Gasteiger partial charge on any atom is 2.00 e. The van der Waals surface area contributed by atoms with Crippen molar-refractivity contribution >= 4 is 94.0 Å². The van der Waals surface area contributed by atoms with E-state index in [4.69, 9.17) is 61.1 Å². The molecule has 0 bridgehead atoms. The zero-order valence-corrected chi connectivity index (χ0v) is 50.4. The molecule has 8 aromatic rings. The summed E-state index contributed by atoms with van der Waals surface area (Å²) in [4.78, 5) is 129. The van der Waals surface area contributed by atoms with E-state index >= 15 is 0 Å². The smallest absolute Gasteiger partial charge is 0.546 e. The Morgan fingerprint density at radius 2 is 0.517 bits per heavy atom. The number of rotatable bonds is 18. The van der Waals surface area contributed by atoms with Crippen molar-refractivity contribution in [1.29, 1.82) is 0 Å². The fraction of sp³-hybridized carbons (Fsp3) is 0.194. The molecule has 0 unspecified atom stereocenters. The van der Waals surface area contributed by atoms with Gasteiger partial charge in [0.15, 0.2) is 36.6 Å². The monoisotopic (exact) mass is 1260 g/mol. The Labute approximate surface area is 533 Å². The summed E-state index contributed by atoms with van der Waals surface area (Å²) < 4.78 is 46.6. The third-order valence-corrected chi connectivity index (χ3v) is 12.6. The van der Waals surface area contributed by atoms with Crippen LogP contribution < -0.4 is 19.7 Å².